The van der Waals surface area contributed by atoms with Crippen LogP contribution in [0.2, 0.25) is 0 Å². The van der Waals surface area contributed by atoms with Gasteiger partial charge in [0.25, 0.3) is 0 Å². The van der Waals surface area contributed by atoms with Crippen molar-refractivity contribution in [2.75, 3.05) is 39.5 Å². The van der Waals surface area contributed by atoms with Crippen LogP contribution in [-0.2, 0) is 34.8 Å². The quantitative estimate of drug-likeness (QED) is 0.295. The SMILES string of the molecule is OCCN(CCO)CCO.[CH-]=O.[CH-]=O.[CH-]=O.[Re].c1ccc(-c2ccccn2)nc1. The number of rotatable bonds is 7. The van der Waals surface area contributed by atoms with Gasteiger partial charge in [-0.15, -0.1) is 0 Å². The summed E-state index contributed by atoms with van der Waals surface area (Å²) in [5, 5.41) is 25.5. The number of hydrogen-bond donors (Lipinski definition) is 3. The molecule has 0 spiro atoms. The minimum atomic E-state index is 0. The Labute approximate surface area is 185 Å². The van der Waals surface area contributed by atoms with Gasteiger partial charge in [-0.2, -0.15) is 0 Å². The average Bonchev–Trinajstić information content (AvgIpc) is 2.80. The molecule has 2 rings (SSSR count). The Morgan fingerprint density at radius 3 is 1.17 bits per heavy atom. The van der Waals surface area contributed by atoms with Gasteiger partial charge < -0.3 is 29.7 Å². The number of nitrogens with zero attached hydrogens (tertiary/aromatic N) is 3. The van der Waals surface area contributed by atoms with Gasteiger partial charge in [-0.05, 0) is 24.3 Å². The first kappa shape index (κ1) is 34.3. The standard InChI is InChI=1S/C10H8N2.C6H15NO3.3CHO.Re/c1-3-7-11-9(5-1)10-6-2-4-8-12-10;8-4-1-7(2-5-9)3-6-10;3*1-2;/h1-8H;8-10H,1-6H2;3*1H;/q;;3*-1;. The van der Waals surface area contributed by atoms with E-state index in [1.165, 1.54) is 0 Å². The van der Waals surface area contributed by atoms with E-state index in [0.29, 0.717) is 19.6 Å². The van der Waals surface area contributed by atoms with Crippen LogP contribution in [0.25, 0.3) is 11.4 Å². The molecule has 0 aliphatic carbocycles. The van der Waals surface area contributed by atoms with Crippen LogP contribution in [0.1, 0.15) is 0 Å². The number of pyridine rings is 2. The molecule has 0 aliphatic rings. The largest absolute Gasteiger partial charge is 0.545 e. The van der Waals surface area contributed by atoms with Crippen molar-refractivity contribution in [2.24, 2.45) is 0 Å². The summed E-state index contributed by atoms with van der Waals surface area (Å²) in [5.74, 6) is 0. The molecular weight excluding hydrogens is 552 g/mol. The summed E-state index contributed by atoms with van der Waals surface area (Å²) in [6.45, 7) is 11.5. The van der Waals surface area contributed by atoms with E-state index >= 15 is 0 Å². The number of aliphatic hydroxyl groups is 3. The van der Waals surface area contributed by atoms with Gasteiger partial charge in [0.1, 0.15) is 0 Å². The van der Waals surface area contributed by atoms with E-state index in [1.54, 1.807) is 17.3 Å². The number of aromatic nitrogens is 2. The van der Waals surface area contributed by atoms with Crippen molar-refractivity contribution < 1.29 is 50.1 Å². The second-order valence-corrected chi connectivity index (χ2v) is 4.44. The van der Waals surface area contributed by atoms with Gasteiger partial charge in [0.2, 0.25) is 0 Å². The minimum absolute atomic E-state index is 0. The molecule has 0 saturated carbocycles. The third kappa shape index (κ3) is 20.4. The van der Waals surface area contributed by atoms with Crippen molar-refractivity contribution in [3.8, 4) is 11.4 Å². The molecule has 0 aliphatic heterocycles. The Kier molecular flexibility index (Phi) is 36.1. The van der Waals surface area contributed by atoms with E-state index in [9.17, 15) is 0 Å². The van der Waals surface area contributed by atoms with Crippen molar-refractivity contribution in [1.82, 2.24) is 14.9 Å². The zero-order valence-electron chi connectivity index (χ0n) is 15.9. The van der Waals surface area contributed by atoms with Gasteiger partial charge in [0, 0.05) is 52.5 Å². The molecule has 0 amide bonds. The molecular formula is C19H26N3O6Re-3. The van der Waals surface area contributed by atoms with Gasteiger partial charge in [-0.3, -0.25) is 35.2 Å². The summed E-state index contributed by atoms with van der Waals surface area (Å²) in [4.78, 5) is 33.4. The second-order valence-electron chi connectivity index (χ2n) is 4.44. The van der Waals surface area contributed by atoms with E-state index in [4.69, 9.17) is 29.7 Å². The van der Waals surface area contributed by atoms with E-state index in [0.717, 1.165) is 11.4 Å². The topological polar surface area (TPSA) is 141 Å². The third-order valence-corrected chi connectivity index (χ3v) is 2.84. The molecule has 0 saturated heterocycles. The maximum atomic E-state index is 8.48. The van der Waals surface area contributed by atoms with Crippen LogP contribution in [0.4, 0.5) is 0 Å². The van der Waals surface area contributed by atoms with E-state index in [2.05, 4.69) is 30.3 Å². The van der Waals surface area contributed by atoms with Crippen LogP contribution in [-0.4, -0.2) is 90.0 Å². The first-order valence-corrected chi connectivity index (χ1v) is 7.90. The number of carbonyl (C=O) groups excluding carboxylic acids is 3. The van der Waals surface area contributed by atoms with Crippen LogP contribution >= 0.6 is 0 Å². The summed E-state index contributed by atoms with van der Waals surface area (Å²) in [7, 11) is 0. The summed E-state index contributed by atoms with van der Waals surface area (Å²) in [5.41, 5.74) is 1.83. The Morgan fingerprint density at radius 2 is 0.966 bits per heavy atom. The summed E-state index contributed by atoms with van der Waals surface area (Å²) >= 11 is 0. The fraction of sp³-hybridized carbons (Fsp3) is 0.316. The van der Waals surface area contributed by atoms with Crippen molar-refractivity contribution in [3.05, 3.63) is 48.8 Å². The maximum Gasteiger partial charge on any atom is 0.0886 e. The van der Waals surface area contributed by atoms with Crippen LogP contribution in [0.15, 0.2) is 48.8 Å². The molecule has 0 aromatic carbocycles. The van der Waals surface area contributed by atoms with Crippen molar-refractivity contribution in [3.63, 3.8) is 0 Å². The number of hydrogen-bond acceptors (Lipinski definition) is 9. The van der Waals surface area contributed by atoms with Gasteiger partial charge in [0.05, 0.1) is 31.2 Å². The first-order chi connectivity index (χ1) is 13.8. The molecule has 163 valence electrons. The van der Waals surface area contributed by atoms with E-state index in [-0.39, 0.29) is 40.2 Å². The Bertz CT molecular complexity index is 483. The van der Waals surface area contributed by atoms with Gasteiger partial charge in [-0.1, -0.05) is 12.1 Å². The fourth-order valence-corrected chi connectivity index (χ4v) is 1.79. The van der Waals surface area contributed by atoms with Gasteiger partial charge in [0.15, 0.2) is 0 Å². The Hall–Kier alpha value is -2.19. The normalized spacial score (nSPS) is 8.14. The molecule has 0 fully saturated rings. The molecule has 10 heteroatoms. The monoisotopic (exact) mass is 579 g/mol. The van der Waals surface area contributed by atoms with Crippen LogP contribution < -0.4 is 0 Å². The van der Waals surface area contributed by atoms with Crippen molar-refractivity contribution in [1.29, 1.82) is 0 Å². The average molecular weight is 579 g/mol. The fourth-order valence-electron chi connectivity index (χ4n) is 1.79. The van der Waals surface area contributed by atoms with Crippen LogP contribution in [0.5, 0.6) is 0 Å². The zero-order chi connectivity index (χ0) is 22.0. The van der Waals surface area contributed by atoms with Crippen LogP contribution in [0, 0.1) is 0 Å². The third-order valence-electron chi connectivity index (χ3n) is 2.84. The molecule has 3 N–H and O–H groups in total. The predicted molar refractivity (Wildman–Crippen MR) is 105 cm³/mol. The summed E-state index contributed by atoms with van der Waals surface area (Å²) in [6, 6.07) is 11.6. The van der Waals surface area contributed by atoms with Crippen molar-refractivity contribution >= 4 is 20.4 Å². The maximum absolute atomic E-state index is 8.48. The molecule has 29 heavy (non-hydrogen) atoms. The predicted octanol–water partition coefficient (Wildman–Crippen LogP) is -0.416. The van der Waals surface area contributed by atoms with Gasteiger partial charge >= 0.3 is 0 Å². The summed E-state index contributed by atoms with van der Waals surface area (Å²) < 4.78 is 0. The van der Waals surface area contributed by atoms with E-state index in [1.807, 2.05) is 36.4 Å². The molecule has 2 aromatic rings. The number of aliphatic hydroxyl groups excluding tert-OH is 3. The van der Waals surface area contributed by atoms with Crippen molar-refractivity contribution in [2.45, 2.75) is 0 Å². The molecule has 9 nitrogen and oxygen atoms in total. The smallest absolute Gasteiger partial charge is 0.0886 e. The summed E-state index contributed by atoms with van der Waals surface area (Å²) in [6.07, 6.45) is 3.54. The minimum Gasteiger partial charge on any atom is -0.545 e. The molecule has 0 unspecified atom stereocenters. The second kappa shape index (κ2) is 30.5. The first-order valence-electron chi connectivity index (χ1n) is 7.90. The van der Waals surface area contributed by atoms with E-state index < -0.39 is 0 Å². The molecule has 0 bridgehead atoms. The Balaban J connectivity index is -0.000000169. The zero-order valence-corrected chi connectivity index (χ0v) is 18.6. The molecule has 2 aromatic heterocycles. The molecule has 2 heterocycles. The molecule has 1 radical (unpaired) electrons. The van der Waals surface area contributed by atoms with Gasteiger partial charge in [-0.25, -0.2) is 0 Å². The molecule has 0 atom stereocenters. The Morgan fingerprint density at radius 1 is 0.655 bits per heavy atom. The van der Waals surface area contributed by atoms with Crippen LogP contribution in [0.3, 0.4) is 0 Å².